The van der Waals surface area contributed by atoms with E-state index in [1.54, 1.807) is 11.3 Å². The number of aromatic amines is 1. The third-order valence-corrected chi connectivity index (χ3v) is 5.33. The van der Waals surface area contributed by atoms with E-state index >= 15 is 0 Å². The van der Waals surface area contributed by atoms with Crippen molar-refractivity contribution in [2.75, 3.05) is 6.54 Å². The van der Waals surface area contributed by atoms with Crippen LogP contribution < -0.4 is 10.9 Å². The predicted octanol–water partition coefficient (Wildman–Crippen LogP) is 3.70. The van der Waals surface area contributed by atoms with E-state index in [2.05, 4.69) is 33.5 Å². The lowest BCUT2D eigenvalue weighted by atomic mass is 10.1. The first-order valence-electron chi connectivity index (χ1n) is 8.60. The third kappa shape index (κ3) is 4.44. The van der Waals surface area contributed by atoms with E-state index in [1.807, 2.05) is 38.2 Å². The molecular weight excluding hydrogens is 330 g/mol. The molecule has 0 bridgehead atoms. The van der Waals surface area contributed by atoms with Crippen molar-refractivity contribution >= 4 is 11.3 Å². The third-order valence-electron chi connectivity index (χ3n) is 4.21. The number of aromatic nitrogens is 2. The van der Waals surface area contributed by atoms with Gasteiger partial charge < -0.3 is 10.3 Å². The number of thiophene rings is 1. The molecule has 0 aliphatic rings. The lowest BCUT2D eigenvalue weighted by Gasteiger charge is -2.06. The Morgan fingerprint density at radius 3 is 2.88 bits per heavy atom. The highest BCUT2D eigenvalue weighted by molar-refractivity contribution is 7.15. The van der Waals surface area contributed by atoms with Crippen molar-refractivity contribution < 1.29 is 0 Å². The van der Waals surface area contributed by atoms with Crippen molar-refractivity contribution in [1.29, 1.82) is 0 Å². The summed E-state index contributed by atoms with van der Waals surface area (Å²) in [4.78, 5) is 21.7. The molecule has 0 spiro atoms. The summed E-state index contributed by atoms with van der Waals surface area (Å²) >= 11 is 1.77. The second kappa shape index (κ2) is 8.23. The van der Waals surface area contributed by atoms with Crippen LogP contribution in [0.5, 0.6) is 0 Å². The summed E-state index contributed by atoms with van der Waals surface area (Å²) in [5.41, 5.74) is 4.03. The van der Waals surface area contributed by atoms with Gasteiger partial charge in [-0.05, 0) is 43.7 Å². The fraction of sp³-hybridized carbons (Fsp3) is 0.300. The van der Waals surface area contributed by atoms with Crippen LogP contribution in [0.3, 0.4) is 0 Å². The number of hydrogen-bond acceptors (Lipinski definition) is 4. The van der Waals surface area contributed by atoms with Gasteiger partial charge in [0.2, 0.25) is 0 Å². The van der Waals surface area contributed by atoms with Crippen LogP contribution in [0.2, 0.25) is 0 Å². The van der Waals surface area contributed by atoms with Gasteiger partial charge in [-0.2, -0.15) is 0 Å². The molecule has 0 aliphatic heterocycles. The number of rotatable bonds is 7. The van der Waals surface area contributed by atoms with Gasteiger partial charge in [0.05, 0.1) is 0 Å². The maximum absolute atomic E-state index is 11.9. The maximum atomic E-state index is 11.9. The second-order valence-electron chi connectivity index (χ2n) is 6.03. The summed E-state index contributed by atoms with van der Waals surface area (Å²) in [6.45, 7) is 5.72. The average Bonchev–Trinajstić information content (AvgIpc) is 3.08. The number of pyridine rings is 2. The Bertz CT molecular complexity index is 883. The molecule has 3 aromatic rings. The van der Waals surface area contributed by atoms with E-state index in [0.717, 1.165) is 48.4 Å². The van der Waals surface area contributed by atoms with Crippen LogP contribution in [0.4, 0.5) is 0 Å². The molecule has 0 radical (unpaired) electrons. The number of nitrogens with one attached hydrogen (secondary N) is 2. The van der Waals surface area contributed by atoms with Crippen LogP contribution in [0, 0.1) is 6.92 Å². The number of aryl methyl sites for hydroxylation is 2. The largest absolute Gasteiger partial charge is 0.326 e. The van der Waals surface area contributed by atoms with Crippen molar-refractivity contribution in [1.82, 2.24) is 15.3 Å². The standard InChI is InChI=1S/C20H23N3OS/c1-3-15-12-18(14(2)23-20(15)24)19-8-7-17(25-19)13-21-11-9-16-6-4-5-10-22-16/h4-8,10,12,21H,3,9,11,13H2,1-2H3,(H,23,24). The predicted molar refractivity (Wildman–Crippen MR) is 104 cm³/mol. The Balaban J connectivity index is 1.62. The highest BCUT2D eigenvalue weighted by atomic mass is 32.1. The quantitative estimate of drug-likeness (QED) is 0.637. The van der Waals surface area contributed by atoms with Gasteiger partial charge in [0, 0.05) is 58.0 Å². The van der Waals surface area contributed by atoms with Crippen molar-refractivity contribution in [3.05, 3.63) is 74.8 Å². The van der Waals surface area contributed by atoms with E-state index in [1.165, 1.54) is 9.75 Å². The van der Waals surface area contributed by atoms with E-state index in [-0.39, 0.29) is 5.56 Å². The molecule has 0 fully saturated rings. The van der Waals surface area contributed by atoms with Gasteiger partial charge in [-0.3, -0.25) is 9.78 Å². The minimum atomic E-state index is 0.0247. The highest BCUT2D eigenvalue weighted by Gasteiger charge is 2.09. The van der Waals surface area contributed by atoms with Crippen molar-refractivity contribution in [3.63, 3.8) is 0 Å². The number of nitrogens with zero attached hydrogens (tertiary/aromatic N) is 1. The molecule has 0 aromatic carbocycles. The van der Waals surface area contributed by atoms with E-state index in [4.69, 9.17) is 0 Å². The van der Waals surface area contributed by atoms with Crippen molar-refractivity contribution in [2.24, 2.45) is 0 Å². The van der Waals surface area contributed by atoms with E-state index in [9.17, 15) is 4.79 Å². The molecule has 0 unspecified atom stereocenters. The number of hydrogen-bond donors (Lipinski definition) is 2. The van der Waals surface area contributed by atoms with Crippen LogP contribution in [0.25, 0.3) is 10.4 Å². The first-order chi connectivity index (χ1) is 12.2. The summed E-state index contributed by atoms with van der Waals surface area (Å²) < 4.78 is 0. The lowest BCUT2D eigenvalue weighted by Crippen LogP contribution is -2.16. The van der Waals surface area contributed by atoms with Gasteiger partial charge in [0.15, 0.2) is 0 Å². The zero-order valence-corrected chi connectivity index (χ0v) is 15.5. The molecule has 3 aromatic heterocycles. The fourth-order valence-electron chi connectivity index (χ4n) is 2.78. The molecule has 3 heterocycles. The van der Waals surface area contributed by atoms with Gasteiger partial charge in [-0.15, -0.1) is 11.3 Å². The topological polar surface area (TPSA) is 57.8 Å². The molecule has 25 heavy (non-hydrogen) atoms. The molecule has 0 amide bonds. The van der Waals surface area contributed by atoms with Crippen LogP contribution in [0.1, 0.15) is 28.8 Å². The van der Waals surface area contributed by atoms with E-state index < -0.39 is 0 Å². The molecular formula is C20H23N3OS. The molecule has 0 aliphatic carbocycles. The molecule has 3 rings (SSSR count). The number of H-pyrrole nitrogens is 1. The fourth-order valence-corrected chi connectivity index (χ4v) is 3.83. The molecule has 130 valence electrons. The first-order valence-corrected chi connectivity index (χ1v) is 9.41. The summed E-state index contributed by atoms with van der Waals surface area (Å²) in [6.07, 6.45) is 3.51. The van der Waals surface area contributed by atoms with Crippen LogP contribution in [-0.2, 0) is 19.4 Å². The molecule has 5 heteroatoms. The van der Waals surface area contributed by atoms with Gasteiger partial charge in [-0.25, -0.2) is 0 Å². The summed E-state index contributed by atoms with van der Waals surface area (Å²) in [7, 11) is 0. The minimum Gasteiger partial charge on any atom is -0.326 e. The Labute approximate surface area is 152 Å². The lowest BCUT2D eigenvalue weighted by molar-refractivity contribution is 0.686. The van der Waals surface area contributed by atoms with Crippen LogP contribution in [0.15, 0.2) is 47.4 Å². The Kier molecular flexibility index (Phi) is 5.79. The molecule has 0 atom stereocenters. The molecule has 0 saturated heterocycles. The smallest absolute Gasteiger partial charge is 0.251 e. The van der Waals surface area contributed by atoms with E-state index in [0.29, 0.717) is 0 Å². The second-order valence-corrected chi connectivity index (χ2v) is 7.20. The Morgan fingerprint density at radius 2 is 2.12 bits per heavy atom. The van der Waals surface area contributed by atoms with Gasteiger partial charge in [-0.1, -0.05) is 13.0 Å². The summed E-state index contributed by atoms with van der Waals surface area (Å²) in [5.74, 6) is 0. The van der Waals surface area contributed by atoms with Crippen molar-refractivity contribution in [3.8, 4) is 10.4 Å². The minimum absolute atomic E-state index is 0.0247. The van der Waals surface area contributed by atoms with Crippen LogP contribution in [-0.4, -0.2) is 16.5 Å². The van der Waals surface area contributed by atoms with Gasteiger partial charge in [0.1, 0.15) is 0 Å². The molecule has 4 nitrogen and oxygen atoms in total. The van der Waals surface area contributed by atoms with Crippen LogP contribution >= 0.6 is 11.3 Å². The van der Waals surface area contributed by atoms with Gasteiger partial charge >= 0.3 is 0 Å². The summed E-state index contributed by atoms with van der Waals surface area (Å²) in [6, 6.07) is 12.3. The van der Waals surface area contributed by atoms with Crippen molar-refractivity contribution in [2.45, 2.75) is 33.2 Å². The highest BCUT2D eigenvalue weighted by Crippen LogP contribution is 2.29. The zero-order valence-electron chi connectivity index (χ0n) is 14.6. The molecule has 2 N–H and O–H groups in total. The first kappa shape index (κ1) is 17.6. The SMILES string of the molecule is CCc1cc(-c2ccc(CNCCc3ccccn3)s2)c(C)[nH]c1=O. The maximum Gasteiger partial charge on any atom is 0.251 e. The summed E-state index contributed by atoms with van der Waals surface area (Å²) in [5, 5.41) is 3.47. The normalized spacial score (nSPS) is 11.0. The molecule has 0 saturated carbocycles. The average molecular weight is 353 g/mol. The zero-order chi connectivity index (χ0) is 17.6. The monoisotopic (exact) mass is 353 g/mol. The Morgan fingerprint density at radius 1 is 1.24 bits per heavy atom. The van der Waals surface area contributed by atoms with Gasteiger partial charge in [0.25, 0.3) is 5.56 Å². The Hall–Kier alpha value is -2.24.